The van der Waals surface area contributed by atoms with Crippen molar-refractivity contribution in [2.75, 3.05) is 13.2 Å². The lowest BCUT2D eigenvalue weighted by atomic mass is 9.80. The lowest BCUT2D eigenvalue weighted by molar-refractivity contribution is 0.291. The number of hydrogen-bond donors (Lipinski definition) is 1. The molecule has 1 aliphatic rings. The monoisotopic (exact) mass is 296 g/mol. The molecule has 2 nitrogen and oxygen atoms in total. The first-order valence-corrected chi connectivity index (χ1v) is 7.91. The zero-order valence-corrected chi connectivity index (χ0v) is 13.9. The van der Waals surface area contributed by atoms with Gasteiger partial charge < -0.3 is 9.84 Å². The second-order valence-corrected chi connectivity index (χ2v) is 6.91. The van der Waals surface area contributed by atoms with Crippen LogP contribution in [0.3, 0.4) is 0 Å². The van der Waals surface area contributed by atoms with Crippen LogP contribution in [0.25, 0.3) is 11.1 Å². The number of aliphatic hydroxyl groups excluding tert-OH is 1. The van der Waals surface area contributed by atoms with Crippen LogP contribution in [-0.2, 0) is 11.8 Å². The van der Waals surface area contributed by atoms with Crippen molar-refractivity contribution in [3.05, 3.63) is 52.6 Å². The minimum absolute atomic E-state index is 0.0601. The number of fused-ring (bicyclic) bond motifs is 1. The van der Waals surface area contributed by atoms with Crippen molar-refractivity contribution in [2.24, 2.45) is 0 Å². The molecule has 1 N–H and O–H groups in total. The summed E-state index contributed by atoms with van der Waals surface area (Å²) in [4.78, 5) is 0. The third-order valence-electron chi connectivity index (χ3n) is 4.62. The molecule has 0 saturated carbocycles. The van der Waals surface area contributed by atoms with E-state index in [1.54, 1.807) is 0 Å². The quantitative estimate of drug-likeness (QED) is 0.921. The van der Waals surface area contributed by atoms with Crippen molar-refractivity contribution >= 4 is 0 Å². The smallest absolute Gasteiger partial charge is 0.123 e. The number of benzene rings is 2. The standard InChI is InChI=1S/C20H24O2/c1-13-10-17-19(20(3,4)12-22-17)14(2)18(13)16-7-5-6-15(11-16)8-9-21/h5-7,10-11,21H,8-9,12H2,1-4H3. The molecule has 116 valence electrons. The molecule has 2 heteroatoms. The van der Waals surface area contributed by atoms with Gasteiger partial charge in [0.15, 0.2) is 0 Å². The van der Waals surface area contributed by atoms with E-state index < -0.39 is 0 Å². The number of aryl methyl sites for hydroxylation is 1. The molecule has 2 aromatic carbocycles. The van der Waals surface area contributed by atoms with E-state index in [1.165, 1.54) is 33.4 Å². The predicted molar refractivity (Wildman–Crippen MR) is 90.7 cm³/mol. The Morgan fingerprint density at radius 1 is 1.18 bits per heavy atom. The van der Waals surface area contributed by atoms with E-state index in [0.29, 0.717) is 6.42 Å². The summed E-state index contributed by atoms with van der Waals surface area (Å²) in [5, 5.41) is 9.17. The first-order chi connectivity index (χ1) is 10.4. The minimum Gasteiger partial charge on any atom is -0.492 e. The van der Waals surface area contributed by atoms with Gasteiger partial charge in [-0.2, -0.15) is 0 Å². The molecule has 0 fully saturated rings. The van der Waals surface area contributed by atoms with Gasteiger partial charge in [0, 0.05) is 17.6 Å². The molecule has 22 heavy (non-hydrogen) atoms. The second-order valence-electron chi connectivity index (χ2n) is 6.91. The summed E-state index contributed by atoms with van der Waals surface area (Å²) in [5.41, 5.74) is 7.66. The van der Waals surface area contributed by atoms with Crippen LogP contribution < -0.4 is 4.74 Å². The van der Waals surface area contributed by atoms with Gasteiger partial charge in [-0.05, 0) is 54.2 Å². The van der Waals surface area contributed by atoms with Gasteiger partial charge in [-0.3, -0.25) is 0 Å². The van der Waals surface area contributed by atoms with Gasteiger partial charge in [0.1, 0.15) is 5.75 Å². The van der Waals surface area contributed by atoms with Crippen LogP contribution in [0, 0.1) is 13.8 Å². The Hall–Kier alpha value is -1.80. The largest absolute Gasteiger partial charge is 0.492 e. The van der Waals surface area contributed by atoms with E-state index in [4.69, 9.17) is 9.84 Å². The molecule has 1 heterocycles. The van der Waals surface area contributed by atoms with E-state index in [1.807, 2.05) is 0 Å². The fourth-order valence-corrected chi connectivity index (χ4v) is 3.69. The van der Waals surface area contributed by atoms with Crippen LogP contribution in [0.5, 0.6) is 5.75 Å². The Morgan fingerprint density at radius 3 is 2.68 bits per heavy atom. The van der Waals surface area contributed by atoms with Crippen molar-refractivity contribution in [3.63, 3.8) is 0 Å². The highest BCUT2D eigenvalue weighted by Gasteiger charge is 2.34. The predicted octanol–water partition coefficient (Wildman–Crippen LogP) is 4.18. The Bertz CT molecular complexity index is 714. The van der Waals surface area contributed by atoms with Gasteiger partial charge in [0.05, 0.1) is 6.61 Å². The molecular formula is C20H24O2. The Kier molecular flexibility index (Phi) is 3.73. The van der Waals surface area contributed by atoms with Gasteiger partial charge in [-0.15, -0.1) is 0 Å². The highest BCUT2D eigenvalue weighted by atomic mass is 16.5. The number of hydrogen-bond acceptors (Lipinski definition) is 2. The SMILES string of the molecule is Cc1cc2c(c(C)c1-c1cccc(CCO)c1)C(C)(C)CO2. The average molecular weight is 296 g/mol. The molecule has 0 spiro atoms. The van der Waals surface area contributed by atoms with Crippen molar-refractivity contribution in [1.82, 2.24) is 0 Å². The molecule has 0 bridgehead atoms. The average Bonchev–Trinajstić information content (AvgIpc) is 2.75. The molecule has 0 amide bonds. The molecule has 0 unspecified atom stereocenters. The van der Waals surface area contributed by atoms with Gasteiger partial charge in [0.25, 0.3) is 0 Å². The molecule has 1 aliphatic heterocycles. The van der Waals surface area contributed by atoms with Gasteiger partial charge in [-0.25, -0.2) is 0 Å². The van der Waals surface area contributed by atoms with E-state index in [-0.39, 0.29) is 12.0 Å². The second kappa shape index (κ2) is 5.44. The number of ether oxygens (including phenoxy) is 1. The van der Waals surface area contributed by atoms with Gasteiger partial charge in [0.2, 0.25) is 0 Å². The minimum atomic E-state index is 0.0601. The van der Waals surface area contributed by atoms with Crippen molar-refractivity contribution < 1.29 is 9.84 Å². The molecule has 0 aliphatic carbocycles. The molecule has 0 atom stereocenters. The number of rotatable bonds is 3. The maximum Gasteiger partial charge on any atom is 0.123 e. The van der Waals surface area contributed by atoms with E-state index >= 15 is 0 Å². The highest BCUT2D eigenvalue weighted by molar-refractivity contribution is 5.75. The third-order valence-corrected chi connectivity index (χ3v) is 4.62. The summed E-state index contributed by atoms with van der Waals surface area (Å²) < 4.78 is 5.90. The van der Waals surface area contributed by atoms with Crippen LogP contribution >= 0.6 is 0 Å². The first kappa shape index (κ1) is 15.1. The highest BCUT2D eigenvalue weighted by Crippen LogP contribution is 2.45. The maximum atomic E-state index is 9.17. The molecule has 0 aromatic heterocycles. The molecular weight excluding hydrogens is 272 g/mol. The Labute approximate surface area is 132 Å². The topological polar surface area (TPSA) is 29.5 Å². The molecule has 0 saturated heterocycles. The van der Waals surface area contributed by atoms with Gasteiger partial charge >= 0.3 is 0 Å². The first-order valence-electron chi connectivity index (χ1n) is 7.91. The Morgan fingerprint density at radius 2 is 1.95 bits per heavy atom. The maximum absolute atomic E-state index is 9.17. The fourth-order valence-electron chi connectivity index (χ4n) is 3.69. The summed E-state index contributed by atoms with van der Waals surface area (Å²) >= 11 is 0. The lowest BCUT2D eigenvalue weighted by Gasteiger charge is -2.21. The molecule has 0 radical (unpaired) electrons. The van der Waals surface area contributed by atoms with E-state index in [0.717, 1.165) is 12.4 Å². The van der Waals surface area contributed by atoms with Crippen LogP contribution in [0.15, 0.2) is 30.3 Å². The van der Waals surface area contributed by atoms with Gasteiger partial charge in [-0.1, -0.05) is 38.1 Å². The van der Waals surface area contributed by atoms with Crippen LogP contribution in [0.2, 0.25) is 0 Å². The zero-order valence-electron chi connectivity index (χ0n) is 13.9. The van der Waals surface area contributed by atoms with Crippen LogP contribution in [0.4, 0.5) is 0 Å². The summed E-state index contributed by atoms with van der Waals surface area (Å²) in [6.45, 7) is 9.77. The lowest BCUT2D eigenvalue weighted by Crippen LogP contribution is -2.19. The van der Waals surface area contributed by atoms with Crippen molar-refractivity contribution in [1.29, 1.82) is 0 Å². The van der Waals surface area contributed by atoms with E-state index in [2.05, 4.69) is 58.0 Å². The third kappa shape index (κ3) is 2.42. The molecule has 3 rings (SSSR count). The van der Waals surface area contributed by atoms with Crippen molar-refractivity contribution in [2.45, 2.75) is 39.5 Å². The van der Waals surface area contributed by atoms with Crippen LogP contribution in [-0.4, -0.2) is 18.3 Å². The zero-order chi connectivity index (χ0) is 15.9. The summed E-state index contributed by atoms with van der Waals surface area (Å²) in [6.07, 6.45) is 0.700. The summed E-state index contributed by atoms with van der Waals surface area (Å²) in [5.74, 6) is 1.04. The summed E-state index contributed by atoms with van der Waals surface area (Å²) in [6, 6.07) is 10.7. The number of aliphatic hydroxyl groups is 1. The van der Waals surface area contributed by atoms with Crippen molar-refractivity contribution in [3.8, 4) is 16.9 Å². The van der Waals surface area contributed by atoms with E-state index in [9.17, 15) is 0 Å². The Balaban J connectivity index is 2.18. The van der Waals surface area contributed by atoms with Crippen LogP contribution in [0.1, 0.15) is 36.1 Å². The molecule has 2 aromatic rings. The fraction of sp³-hybridized carbons (Fsp3) is 0.400. The summed E-state index contributed by atoms with van der Waals surface area (Å²) in [7, 11) is 0. The normalized spacial score (nSPS) is 15.5.